The highest BCUT2D eigenvalue weighted by atomic mass is 32.2. The van der Waals surface area contributed by atoms with Crippen molar-refractivity contribution in [1.29, 1.82) is 0 Å². The van der Waals surface area contributed by atoms with E-state index in [-0.39, 0.29) is 5.78 Å². The zero-order valence-electron chi connectivity index (χ0n) is 13.1. The van der Waals surface area contributed by atoms with Gasteiger partial charge in [-0.25, -0.2) is 0 Å². The predicted molar refractivity (Wildman–Crippen MR) is 87.0 cm³/mol. The van der Waals surface area contributed by atoms with Crippen molar-refractivity contribution in [2.75, 3.05) is 12.9 Å². The van der Waals surface area contributed by atoms with Gasteiger partial charge in [0.2, 0.25) is 0 Å². The number of hydrogen-bond donors (Lipinski definition) is 0. The number of ketones is 1. The van der Waals surface area contributed by atoms with E-state index in [9.17, 15) is 4.79 Å². The maximum atomic E-state index is 12.1. The number of hydrogen-bond acceptors (Lipinski definition) is 3. The molecule has 0 aliphatic carbocycles. The fourth-order valence-corrected chi connectivity index (χ4v) is 3.06. The summed E-state index contributed by atoms with van der Waals surface area (Å²) in [5.41, 5.74) is 0.803. The van der Waals surface area contributed by atoms with Gasteiger partial charge in [0.25, 0.3) is 0 Å². The number of benzene rings is 1. The standard InChI is InChI=1S/C17H26O2S/c1-5-6-7-10-20-17-12-14(8-9-16(17)19-4)15(18)11-13(2)3/h8-9,12-13H,5-7,10-11H2,1-4H3. The first-order valence-electron chi connectivity index (χ1n) is 7.42. The maximum Gasteiger partial charge on any atom is 0.163 e. The van der Waals surface area contributed by atoms with Crippen molar-refractivity contribution in [1.82, 2.24) is 0 Å². The molecule has 0 spiro atoms. The van der Waals surface area contributed by atoms with E-state index in [4.69, 9.17) is 4.74 Å². The second-order valence-corrected chi connectivity index (χ2v) is 6.58. The van der Waals surface area contributed by atoms with Crippen molar-refractivity contribution in [2.24, 2.45) is 5.92 Å². The van der Waals surface area contributed by atoms with Crippen LogP contribution in [0.4, 0.5) is 0 Å². The number of ether oxygens (including phenoxy) is 1. The SMILES string of the molecule is CCCCCSc1cc(C(=O)CC(C)C)ccc1OC. The largest absolute Gasteiger partial charge is 0.496 e. The molecule has 112 valence electrons. The van der Waals surface area contributed by atoms with Crippen LogP contribution in [0, 0.1) is 5.92 Å². The lowest BCUT2D eigenvalue weighted by molar-refractivity contribution is 0.0967. The summed E-state index contributed by atoms with van der Waals surface area (Å²) in [6.45, 7) is 6.35. The van der Waals surface area contributed by atoms with Gasteiger partial charge in [-0.15, -0.1) is 11.8 Å². The van der Waals surface area contributed by atoms with Crippen molar-refractivity contribution in [3.63, 3.8) is 0 Å². The van der Waals surface area contributed by atoms with Gasteiger partial charge in [0.15, 0.2) is 5.78 Å². The third kappa shape index (κ3) is 5.58. The summed E-state index contributed by atoms with van der Waals surface area (Å²) in [5, 5.41) is 0. The molecule has 20 heavy (non-hydrogen) atoms. The Balaban J connectivity index is 2.77. The van der Waals surface area contributed by atoms with Crippen LogP contribution in [-0.4, -0.2) is 18.6 Å². The van der Waals surface area contributed by atoms with E-state index in [2.05, 4.69) is 20.8 Å². The summed E-state index contributed by atoms with van der Waals surface area (Å²) < 4.78 is 5.39. The lowest BCUT2D eigenvalue weighted by atomic mass is 10.0. The zero-order valence-corrected chi connectivity index (χ0v) is 13.9. The van der Waals surface area contributed by atoms with Gasteiger partial charge in [0, 0.05) is 12.0 Å². The van der Waals surface area contributed by atoms with Gasteiger partial charge in [-0.1, -0.05) is 33.6 Å². The van der Waals surface area contributed by atoms with Crippen LogP contribution in [0.3, 0.4) is 0 Å². The molecule has 0 amide bonds. The quantitative estimate of drug-likeness (QED) is 0.355. The van der Waals surface area contributed by atoms with E-state index in [1.807, 2.05) is 18.2 Å². The molecule has 0 N–H and O–H groups in total. The van der Waals surface area contributed by atoms with Crippen LogP contribution in [0.15, 0.2) is 23.1 Å². The molecule has 0 bridgehead atoms. The molecule has 0 saturated heterocycles. The Morgan fingerprint density at radius 3 is 2.65 bits per heavy atom. The Morgan fingerprint density at radius 2 is 2.05 bits per heavy atom. The van der Waals surface area contributed by atoms with Crippen LogP contribution in [0.1, 0.15) is 56.8 Å². The summed E-state index contributed by atoms with van der Waals surface area (Å²) in [6, 6.07) is 5.77. The highest BCUT2D eigenvalue weighted by molar-refractivity contribution is 7.99. The van der Waals surface area contributed by atoms with E-state index < -0.39 is 0 Å². The molecule has 0 aromatic heterocycles. The Hall–Kier alpha value is -0.960. The molecule has 0 fully saturated rings. The molecule has 1 aromatic rings. The summed E-state index contributed by atoms with van der Waals surface area (Å²) in [7, 11) is 1.68. The van der Waals surface area contributed by atoms with Crippen LogP contribution in [0.2, 0.25) is 0 Å². The molecule has 0 atom stereocenters. The second kappa shape index (κ2) is 9.06. The number of methoxy groups -OCH3 is 1. The minimum Gasteiger partial charge on any atom is -0.496 e. The van der Waals surface area contributed by atoms with Gasteiger partial charge in [-0.05, 0) is 36.3 Å². The number of Topliss-reactive ketones (excluding diaryl/α,β-unsaturated/α-hetero) is 1. The number of carbonyl (C=O) groups is 1. The van der Waals surface area contributed by atoms with Gasteiger partial charge >= 0.3 is 0 Å². The normalized spacial score (nSPS) is 10.8. The minimum atomic E-state index is 0.220. The highest BCUT2D eigenvalue weighted by Gasteiger charge is 2.12. The lowest BCUT2D eigenvalue weighted by Crippen LogP contribution is -2.04. The number of unbranched alkanes of at least 4 members (excludes halogenated alkanes) is 2. The van der Waals surface area contributed by atoms with Crippen LogP contribution in [0.25, 0.3) is 0 Å². The van der Waals surface area contributed by atoms with E-state index in [1.54, 1.807) is 18.9 Å². The van der Waals surface area contributed by atoms with E-state index in [0.29, 0.717) is 12.3 Å². The van der Waals surface area contributed by atoms with Crippen LogP contribution < -0.4 is 4.74 Å². The Kier molecular flexibility index (Phi) is 7.75. The molecule has 0 saturated carbocycles. The Labute approximate surface area is 127 Å². The topological polar surface area (TPSA) is 26.3 Å². The minimum absolute atomic E-state index is 0.220. The molecular weight excluding hydrogens is 268 g/mol. The molecule has 3 heteroatoms. The van der Waals surface area contributed by atoms with Crippen molar-refractivity contribution in [3.05, 3.63) is 23.8 Å². The Bertz CT molecular complexity index is 427. The summed E-state index contributed by atoms with van der Waals surface area (Å²) in [5.74, 6) is 2.56. The van der Waals surface area contributed by atoms with Gasteiger partial charge < -0.3 is 4.74 Å². The molecule has 1 rings (SSSR count). The summed E-state index contributed by atoms with van der Waals surface area (Å²) >= 11 is 1.78. The van der Waals surface area contributed by atoms with Crippen LogP contribution in [0.5, 0.6) is 5.75 Å². The van der Waals surface area contributed by atoms with Crippen molar-refractivity contribution in [2.45, 2.75) is 51.3 Å². The van der Waals surface area contributed by atoms with Gasteiger partial charge in [-0.3, -0.25) is 4.79 Å². The van der Waals surface area contributed by atoms with Gasteiger partial charge in [-0.2, -0.15) is 0 Å². The van der Waals surface area contributed by atoms with Gasteiger partial charge in [0.1, 0.15) is 5.75 Å². The fraction of sp³-hybridized carbons (Fsp3) is 0.588. The Morgan fingerprint density at radius 1 is 1.30 bits per heavy atom. The first kappa shape index (κ1) is 17.1. The predicted octanol–water partition coefficient (Wildman–Crippen LogP) is 5.21. The lowest BCUT2D eigenvalue weighted by Gasteiger charge is -2.11. The molecule has 0 aliphatic rings. The first-order valence-corrected chi connectivity index (χ1v) is 8.41. The molecule has 0 radical (unpaired) electrons. The smallest absolute Gasteiger partial charge is 0.163 e. The zero-order chi connectivity index (χ0) is 15.0. The van der Waals surface area contributed by atoms with E-state index in [0.717, 1.165) is 22.0 Å². The van der Waals surface area contributed by atoms with Gasteiger partial charge in [0.05, 0.1) is 12.0 Å². The molecule has 0 unspecified atom stereocenters. The van der Waals surface area contributed by atoms with Crippen LogP contribution >= 0.6 is 11.8 Å². The summed E-state index contributed by atoms with van der Waals surface area (Å²) in [6.07, 6.45) is 4.28. The molecule has 1 aromatic carbocycles. The number of rotatable bonds is 9. The van der Waals surface area contributed by atoms with Crippen molar-refractivity contribution in [3.8, 4) is 5.75 Å². The molecule has 0 aliphatic heterocycles. The number of carbonyl (C=O) groups excluding carboxylic acids is 1. The molecular formula is C17H26O2S. The van der Waals surface area contributed by atoms with E-state index >= 15 is 0 Å². The van der Waals surface area contributed by atoms with E-state index in [1.165, 1.54) is 19.3 Å². The van der Waals surface area contributed by atoms with Crippen molar-refractivity contribution < 1.29 is 9.53 Å². The molecule has 0 heterocycles. The fourth-order valence-electron chi connectivity index (χ4n) is 1.99. The maximum absolute atomic E-state index is 12.1. The third-order valence-electron chi connectivity index (χ3n) is 3.08. The molecule has 2 nitrogen and oxygen atoms in total. The average Bonchev–Trinajstić information content (AvgIpc) is 2.42. The number of thioether (sulfide) groups is 1. The third-order valence-corrected chi connectivity index (χ3v) is 4.21. The first-order chi connectivity index (χ1) is 9.58. The average molecular weight is 294 g/mol. The highest BCUT2D eigenvalue weighted by Crippen LogP contribution is 2.31. The van der Waals surface area contributed by atoms with Crippen molar-refractivity contribution >= 4 is 17.5 Å². The monoisotopic (exact) mass is 294 g/mol. The second-order valence-electron chi connectivity index (χ2n) is 5.44. The summed E-state index contributed by atoms with van der Waals surface area (Å²) in [4.78, 5) is 13.2. The van der Waals surface area contributed by atoms with Crippen LogP contribution in [-0.2, 0) is 0 Å².